The topological polar surface area (TPSA) is 138 Å². The number of unbranched alkanes of at least 4 members (excludes halogenated alkanes) is 2. The lowest BCUT2D eigenvalue weighted by Gasteiger charge is -2.46. The van der Waals surface area contributed by atoms with Crippen LogP contribution >= 0.6 is 0 Å². The van der Waals surface area contributed by atoms with Gasteiger partial charge in [0.1, 0.15) is 13.2 Å². The fraction of sp³-hybridized carbons (Fsp3) is 0.704. The predicted molar refractivity (Wildman–Crippen MR) is 140 cm³/mol. The molecule has 2 N–H and O–H groups in total. The molecule has 0 aliphatic heterocycles. The molecule has 0 heterocycles. The van der Waals surface area contributed by atoms with E-state index >= 15 is 0 Å². The molecule has 2 unspecified atom stereocenters. The zero-order valence-electron chi connectivity index (χ0n) is 23.0. The Morgan fingerprint density at radius 1 is 0.763 bits per heavy atom. The van der Waals surface area contributed by atoms with Gasteiger partial charge >= 0.3 is 24.1 Å². The van der Waals surface area contributed by atoms with E-state index < -0.39 is 24.1 Å². The second-order valence-corrected chi connectivity index (χ2v) is 10.4. The number of rotatable bonds is 17. The second kappa shape index (κ2) is 17.4. The van der Waals surface area contributed by atoms with Crippen LogP contribution < -0.4 is 10.6 Å². The van der Waals surface area contributed by atoms with Gasteiger partial charge in [-0.05, 0) is 49.4 Å². The third kappa shape index (κ3) is 15.2. The molecule has 0 saturated heterocycles. The van der Waals surface area contributed by atoms with Gasteiger partial charge in [0.05, 0.1) is 26.4 Å². The van der Waals surface area contributed by atoms with E-state index in [9.17, 15) is 19.2 Å². The average Bonchev–Trinajstić information content (AvgIpc) is 2.84. The quantitative estimate of drug-likeness (QED) is 0.122. The molecule has 0 radical (unpaired) electrons. The number of hydrogen-bond acceptors (Lipinski definition) is 9. The summed E-state index contributed by atoms with van der Waals surface area (Å²) in [7, 11) is 0. The standard InChI is InChI=1S/C27H44N2O9/c1-6-22(30)35-11-9-8-10-12-37-25(33)29-21-17-26(3,4)19-27(5,18-21)20-28-24(32)38-16-14-34-13-15-36-23(31)7-2/h6-7,21H,1-2,8-20H2,3-5H3,(H,28,32)(H,29,33). The fourth-order valence-electron chi connectivity index (χ4n) is 4.75. The van der Waals surface area contributed by atoms with Gasteiger partial charge in [-0.15, -0.1) is 0 Å². The Balaban J connectivity index is 2.30. The molecule has 38 heavy (non-hydrogen) atoms. The van der Waals surface area contributed by atoms with Crippen molar-refractivity contribution in [2.24, 2.45) is 10.8 Å². The molecular weight excluding hydrogens is 496 g/mol. The first-order chi connectivity index (χ1) is 18.0. The summed E-state index contributed by atoms with van der Waals surface area (Å²) in [5, 5.41) is 5.79. The van der Waals surface area contributed by atoms with Gasteiger partial charge in [0, 0.05) is 24.7 Å². The first-order valence-corrected chi connectivity index (χ1v) is 13.0. The molecule has 0 aromatic heterocycles. The van der Waals surface area contributed by atoms with Crippen LogP contribution in [0.1, 0.15) is 59.3 Å². The van der Waals surface area contributed by atoms with Gasteiger partial charge in [-0.25, -0.2) is 19.2 Å². The average molecular weight is 541 g/mol. The molecule has 2 atom stereocenters. The van der Waals surface area contributed by atoms with Gasteiger partial charge in [0.2, 0.25) is 0 Å². The minimum absolute atomic E-state index is 0.0394. The lowest BCUT2D eigenvalue weighted by Crippen LogP contribution is -2.50. The van der Waals surface area contributed by atoms with Crippen molar-refractivity contribution in [1.82, 2.24) is 10.6 Å². The summed E-state index contributed by atoms with van der Waals surface area (Å²) >= 11 is 0. The van der Waals surface area contributed by atoms with Crippen LogP contribution in [0.15, 0.2) is 25.3 Å². The van der Waals surface area contributed by atoms with Crippen molar-refractivity contribution in [2.75, 3.05) is 46.2 Å². The predicted octanol–water partition coefficient (Wildman–Crippen LogP) is 3.67. The summed E-state index contributed by atoms with van der Waals surface area (Å²) in [6, 6.07) is -0.0871. The van der Waals surface area contributed by atoms with Crippen LogP contribution in [0.5, 0.6) is 0 Å². The highest BCUT2D eigenvalue weighted by atomic mass is 16.6. The van der Waals surface area contributed by atoms with Crippen molar-refractivity contribution in [3.8, 4) is 0 Å². The Labute approximate surface area is 225 Å². The Morgan fingerprint density at radius 3 is 1.95 bits per heavy atom. The molecule has 216 valence electrons. The molecule has 11 heteroatoms. The lowest BCUT2D eigenvalue weighted by atomic mass is 9.62. The molecule has 0 spiro atoms. The number of nitrogens with one attached hydrogen (secondary N) is 2. The molecule has 0 bridgehead atoms. The number of alkyl carbamates (subject to hydrolysis) is 2. The zero-order valence-corrected chi connectivity index (χ0v) is 23.0. The van der Waals surface area contributed by atoms with Gasteiger partial charge in [-0.1, -0.05) is 33.9 Å². The van der Waals surface area contributed by atoms with E-state index in [0.717, 1.165) is 31.4 Å². The molecule has 1 rings (SSSR count). The van der Waals surface area contributed by atoms with Crippen molar-refractivity contribution >= 4 is 24.1 Å². The molecule has 1 aliphatic carbocycles. The van der Waals surface area contributed by atoms with Crippen molar-refractivity contribution < 1.29 is 42.9 Å². The molecule has 1 aliphatic rings. The van der Waals surface area contributed by atoms with E-state index in [1.165, 1.54) is 0 Å². The van der Waals surface area contributed by atoms with Crippen LogP contribution in [-0.4, -0.2) is 76.4 Å². The molecule has 0 aromatic carbocycles. The van der Waals surface area contributed by atoms with Gasteiger partial charge in [-0.3, -0.25) is 0 Å². The van der Waals surface area contributed by atoms with Crippen LogP contribution in [-0.2, 0) is 33.3 Å². The Hall–Kier alpha value is -3.08. The van der Waals surface area contributed by atoms with Crippen LogP contribution in [0.25, 0.3) is 0 Å². The lowest BCUT2D eigenvalue weighted by molar-refractivity contribution is -0.139. The molecule has 1 saturated carbocycles. The smallest absolute Gasteiger partial charge is 0.407 e. The minimum atomic E-state index is -0.542. The summed E-state index contributed by atoms with van der Waals surface area (Å²) in [6.07, 6.45) is 5.69. The summed E-state index contributed by atoms with van der Waals surface area (Å²) in [6.45, 7) is 14.6. The van der Waals surface area contributed by atoms with Crippen LogP contribution in [0, 0.1) is 10.8 Å². The fourth-order valence-corrected chi connectivity index (χ4v) is 4.75. The van der Waals surface area contributed by atoms with E-state index in [0.29, 0.717) is 32.4 Å². The van der Waals surface area contributed by atoms with E-state index in [1.807, 2.05) is 0 Å². The maximum Gasteiger partial charge on any atom is 0.407 e. The molecule has 11 nitrogen and oxygen atoms in total. The second-order valence-electron chi connectivity index (χ2n) is 10.4. The Morgan fingerprint density at radius 2 is 1.32 bits per heavy atom. The van der Waals surface area contributed by atoms with Crippen molar-refractivity contribution in [2.45, 2.75) is 65.3 Å². The molecule has 1 fully saturated rings. The summed E-state index contributed by atoms with van der Waals surface area (Å²) < 4.78 is 25.4. The first-order valence-electron chi connectivity index (χ1n) is 13.0. The van der Waals surface area contributed by atoms with E-state index in [-0.39, 0.29) is 49.9 Å². The highest BCUT2D eigenvalue weighted by Crippen LogP contribution is 2.45. The number of hydrogen-bond donors (Lipinski definition) is 2. The zero-order chi connectivity index (χ0) is 28.4. The van der Waals surface area contributed by atoms with Crippen molar-refractivity contribution in [3.63, 3.8) is 0 Å². The number of carbonyl (C=O) groups excluding carboxylic acids is 4. The minimum Gasteiger partial charge on any atom is -0.463 e. The Kier molecular flexibility index (Phi) is 15.1. The molecular formula is C27H44N2O9. The highest BCUT2D eigenvalue weighted by molar-refractivity contribution is 5.81. The molecule has 0 aromatic rings. The summed E-state index contributed by atoms with van der Waals surface area (Å²) in [4.78, 5) is 46.4. The van der Waals surface area contributed by atoms with Gasteiger partial charge in [0.15, 0.2) is 0 Å². The van der Waals surface area contributed by atoms with Gasteiger partial charge < -0.3 is 34.3 Å². The summed E-state index contributed by atoms with van der Waals surface area (Å²) in [5.41, 5.74) is -0.282. The maximum atomic E-state index is 12.3. The van der Waals surface area contributed by atoms with Crippen LogP contribution in [0.2, 0.25) is 0 Å². The van der Waals surface area contributed by atoms with Crippen molar-refractivity contribution in [1.29, 1.82) is 0 Å². The van der Waals surface area contributed by atoms with Crippen molar-refractivity contribution in [3.05, 3.63) is 25.3 Å². The van der Waals surface area contributed by atoms with Crippen LogP contribution in [0.4, 0.5) is 9.59 Å². The summed E-state index contributed by atoms with van der Waals surface area (Å²) in [5.74, 6) is -0.961. The maximum absolute atomic E-state index is 12.3. The highest BCUT2D eigenvalue weighted by Gasteiger charge is 2.42. The van der Waals surface area contributed by atoms with E-state index in [1.54, 1.807) is 0 Å². The third-order valence-corrected chi connectivity index (χ3v) is 5.96. The Bertz CT molecular complexity index is 799. The van der Waals surface area contributed by atoms with Gasteiger partial charge in [-0.2, -0.15) is 0 Å². The number of esters is 2. The largest absolute Gasteiger partial charge is 0.463 e. The number of amides is 2. The van der Waals surface area contributed by atoms with E-state index in [4.69, 9.17) is 23.7 Å². The first kappa shape index (κ1) is 32.9. The van der Waals surface area contributed by atoms with Gasteiger partial charge in [0.25, 0.3) is 0 Å². The molecule has 2 amide bonds. The normalized spacial score (nSPS) is 19.9. The third-order valence-electron chi connectivity index (χ3n) is 5.96. The van der Waals surface area contributed by atoms with Crippen LogP contribution in [0.3, 0.4) is 0 Å². The van der Waals surface area contributed by atoms with E-state index in [2.05, 4.69) is 44.6 Å². The monoisotopic (exact) mass is 540 g/mol. The SMILES string of the molecule is C=CC(=O)OCCCCCOC(=O)NC1CC(C)(C)CC(C)(CNC(=O)OCCOCCOC(=O)C=C)C1. The number of carbonyl (C=O) groups is 4. The number of ether oxygens (including phenoxy) is 5.